The molecule has 6 heteroatoms. The van der Waals surface area contributed by atoms with Crippen LogP contribution < -0.4 is 10.5 Å². The van der Waals surface area contributed by atoms with Gasteiger partial charge in [-0.3, -0.25) is 0 Å². The molecule has 0 spiro atoms. The summed E-state index contributed by atoms with van der Waals surface area (Å²) in [5.74, 6) is 0.804. The van der Waals surface area contributed by atoms with Gasteiger partial charge in [-0.2, -0.15) is 0 Å². The Morgan fingerprint density at radius 2 is 1.95 bits per heavy atom. The molecule has 2 rings (SSSR count). The van der Waals surface area contributed by atoms with Crippen molar-refractivity contribution < 1.29 is 12.8 Å². The van der Waals surface area contributed by atoms with Crippen LogP contribution in [0, 0.1) is 6.92 Å². The molecule has 0 saturated heterocycles. The molecule has 1 aromatic carbocycles. The monoisotopic (exact) mass is 280 g/mol. The van der Waals surface area contributed by atoms with E-state index >= 15 is 0 Å². The highest BCUT2D eigenvalue weighted by atomic mass is 32.2. The van der Waals surface area contributed by atoms with Crippen molar-refractivity contribution in [2.24, 2.45) is 5.73 Å². The molecule has 0 bridgehead atoms. The van der Waals surface area contributed by atoms with Crippen LogP contribution in [0.15, 0.2) is 45.7 Å². The summed E-state index contributed by atoms with van der Waals surface area (Å²) in [5.41, 5.74) is 6.33. The van der Waals surface area contributed by atoms with Crippen LogP contribution >= 0.6 is 0 Å². The second-order valence-electron chi connectivity index (χ2n) is 4.15. The van der Waals surface area contributed by atoms with Gasteiger partial charge in [0.05, 0.1) is 6.54 Å². The first-order valence-corrected chi connectivity index (χ1v) is 7.34. The van der Waals surface area contributed by atoms with E-state index in [0.717, 1.165) is 5.56 Å². The lowest BCUT2D eigenvalue weighted by atomic mass is 10.2. The molecule has 1 heterocycles. The number of rotatable bonds is 5. The molecule has 2 aromatic rings. The molecule has 0 radical (unpaired) electrons. The van der Waals surface area contributed by atoms with E-state index in [1.807, 2.05) is 30.3 Å². The summed E-state index contributed by atoms with van der Waals surface area (Å²) in [6.07, 6.45) is 0. The summed E-state index contributed by atoms with van der Waals surface area (Å²) in [5, 5.41) is 0. The van der Waals surface area contributed by atoms with Gasteiger partial charge in [0.25, 0.3) is 0 Å². The highest BCUT2D eigenvalue weighted by molar-refractivity contribution is 7.89. The molecule has 0 atom stereocenters. The summed E-state index contributed by atoms with van der Waals surface area (Å²) >= 11 is 0. The normalized spacial score (nSPS) is 11.7. The number of hydrogen-bond acceptors (Lipinski definition) is 4. The number of furan rings is 1. The van der Waals surface area contributed by atoms with Crippen LogP contribution in [0.3, 0.4) is 0 Å². The second kappa shape index (κ2) is 5.56. The van der Waals surface area contributed by atoms with Gasteiger partial charge in [0.2, 0.25) is 10.0 Å². The van der Waals surface area contributed by atoms with Gasteiger partial charge in [0.15, 0.2) is 0 Å². The molecule has 0 amide bonds. The summed E-state index contributed by atoms with van der Waals surface area (Å²) in [7, 11) is -3.58. The fourth-order valence-corrected chi connectivity index (χ4v) is 2.96. The topological polar surface area (TPSA) is 85.3 Å². The highest BCUT2D eigenvalue weighted by Crippen LogP contribution is 2.19. The Kier molecular flexibility index (Phi) is 4.04. The third kappa shape index (κ3) is 3.23. The largest absolute Gasteiger partial charge is 0.464 e. The van der Waals surface area contributed by atoms with Crippen LogP contribution in [0.2, 0.25) is 0 Å². The molecule has 0 aliphatic rings. The molecule has 3 N–H and O–H groups in total. The van der Waals surface area contributed by atoms with Crippen molar-refractivity contribution in [3.8, 4) is 0 Å². The van der Waals surface area contributed by atoms with E-state index in [1.165, 1.54) is 6.07 Å². The minimum Gasteiger partial charge on any atom is -0.464 e. The van der Waals surface area contributed by atoms with Crippen LogP contribution in [0.1, 0.15) is 17.1 Å². The lowest BCUT2D eigenvalue weighted by molar-refractivity contribution is 0.478. The van der Waals surface area contributed by atoms with E-state index in [9.17, 15) is 8.42 Å². The molecule has 0 fully saturated rings. The fraction of sp³-hybridized carbons (Fsp3) is 0.231. The zero-order valence-corrected chi connectivity index (χ0v) is 11.4. The van der Waals surface area contributed by atoms with E-state index in [1.54, 1.807) is 6.92 Å². The van der Waals surface area contributed by atoms with Crippen molar-refractivity contribution in [1.82, 2.24) is 4.72 Å². The predicted octanol–water partition coefficient (Wildman–Crippen LogP) is 1.53. The zero-order valence-electron chi connectivity index (χ0n) is 10.6. The number of aryl methyl sites for hydroxylation is 1. The van der Waals surface area contributed by atoms with E-state index in [0.29, 0.717) is 11.5 Å². The van der Waals surface area contributed by atoms with Crippen LogP contribution in [-0.4, -0.2) is 8.42 Å². The van der Waals surface area contributed by atoms with Gasteiger partial charge in [-0.05, 0) is 12.5 Å². The van der Waals surface area contributed by atoms with Crippen molar-refractivity contribution in [3.05, 3.63) is 53.5 Å². The minimum atomic E-state index is -3.58. The Balaban J connectivity index is 2.16. The Labute approximate surface area is 112 Å². The lowest BCUT2D eigenvalue weighted by Gasteiger charge is -2.05. The number of sulfonamides is 1. The van der Waals surface area contributed by atoms with Crippen molar-refractivity contribution in [2.45, 2.75) is 24.9 Å². The molecule has 5 nitrogen and oxygen atoms in total. The van der Waals surface area contributed by atoms with Crippen molar-refractivity contribution in [2.75, 3.05) is 0 Å². The molecular weight excluding hydrogens is 264 g/mol. The van der Waals surface area contributed by atoms with Crippen LogP contribution in [0.5, 0.6) is 0 Å². The van der Waals surface area contributed by atoms with Gasteiger partial charge >= 0.3 is 0 Å². The van der Waals surface area contributed by atoms with Crippen molar-refractivity contribution in [1.29, 1.82) is 0 Å². The molecule has 0 aliphatic heterocycles. The van der Waals surface area contributed by atoms with Gasteiger partial charge < -0.3 is 10.2 Å². The van der Waals surface area contributed by atoms with Crippen LogP contribution in [-0.2, 0) is 23.1 Å². The van der Waals surface area contributed by atoms with Crippen LogP contribution in [0.25, 0.3) is 0 Å². The molecule has 0 saturated carbocycles. The van der Waals surface area contributed by atoms with Crippen molar-refractivity contribution in [3.63, 3.8) is 0 Å². The predicted molar refractivity (Wildman–Crippen MR) is 71.8 cm³/mol. The standard InChI is InChI=1S/C13H16N2O3S/c1-10-13(7-12(8-14)18-10)19(16,17)15-9-11-5-3-2-4-6-11/h2-7,15H,8-9,14H2,1H3. The van der Waals surface area contributed by atoms with E-state index in [2.05, 4.69) is 4.72 Å². The lowest BCUT2D eigenvalue weighted by Crippen LogP contribution is -2.23. The molecule has 102 valence electrons. The Bertz CT molecular complexity index is 648. The van der Waals surface area contributed by atoms with Gasteiger partial charge in [-0.1, -0.05) is 30.3 Å². The summed E-state index contributed by atoms with van der Waals surface area (Å²) in [4.78, 5) is 0.142. The molecule has 0 unspecified atom stereocenters. The average Bonchev–Trinajstić information content (AvgIpc) is 2.80. The summed E-state index contributed by atoms with van der Waals surface area (Å²) < 4.78 is 32.1. The number of nitrogens with one attached hydrogen (secondary N) is 1. The third-order valence-electron chi connectivity index (χ3n) is 2.72. The number of benzene rings is 1. The van der Waals surface area contributed by atoms with E-state index in [4.69, 9.17) is 10.2 Å². The highest BCUT2D eigenvalue weighted by Gasteiger charge is 2.20. The fourth-order valence-electron chi connectivity index (χ4n) is 1.74. The second-order valence-corrected chi connectivity index (χ2v) is 5.88. The maximum absolute atomic E-state index is 12.1. The van der Waals surface area contributed by atoms with Gasteiger partial charge in [0, 0.05) is 12.6 Å². The summed E-state index contributed by atoms with van der Waals surface area (Å²) in [6.45, 7) is 2.02. The molecular formula is C13H16N2O3S. The van der Waals surface area contributed by atoms with Gasteiger partial charge in [-0.25, -0.2) is 13.1 Å². The molecule has 19 heavy (non-hydrogen) atoms. The summed E-state index contributed by atoms with van der Waals surface area (Å²) in [6, 6.07) is 10.8. The SMILES string of the molecule is Cc1oc(CN)cc1S(=O)(=O)NCc1ccccc1. The average molecular weight is 280 g/mol. The molecule has 1 aromatic heterocycles. The van der Waals surface area contributed by atoms with E-state index in [-0.39, 0.29) is 18.0 Å². The van der Waals surface area contributed by atoms with Crippen molar-refractivity contribution >= 4 is 10.0 Å². The first kappa shape index (κ1) is 13.8. The Morgan fingerprint density at radius 1 is 1.26 bits per heavy atom. The smallest absolute Gasteiger partial charge is 0.244 e. The number of hydrogen-bond donors (Lipinski definition) is 2. The third-order valence-corrected chi connectivity index (χ3v) is 4.23. The Morgan fingerprint density at radius 3 is 2.53 bits per heavy atom. The minimum absolute atomic E-state index is 0.142. The maximum atomic E-state index is 12.1. The molecule has 0 aliphatic carbocycles. The zero-order chi connectivity index (χ0) is 13.9. The van der Waals surface area contributed by atoms with E-state index < -0.39 is 10.0 Å². The van der Waals surface area contributed by atoms with Crippen LogP contribution in [0.4, 0.5) is 0 Å². The first-order chi connectivity index (χ1) is 9.03. The van der Waals surface area contributed by atoms with Gasteiger partial charge in [0.1, 0.15) is 16.4 Å². The Hall–Kier alpha value is -1.63. The quantitative estimate of drug-likeness (QED) is 0.869. The number of nitrogens with two attached hydrogens (primary N) is 1. The van der Waals surface area contributed by atoms with Gasteiger partial charge in [-0.15, -0.1) is 0 Å². The first-order valence-electron chi connectivity index (χ1n) is 5.86. The maximum Gasteiger partial charge on any atom is 0.244 e.